The molecule has 0 bridgehead atoms. The number of carbonyl (C=O) groups excluding carboxylic acids is 2. The Morgan fingerprint density at radius 3 is 2.64 bits per heavy atom. The Bertz CT molecular complexity index is 722. The fourth-order valence-electron chi connectivity index (χ4n) is 3.37. The van der Waals surface area contributed by atoms with Gasteiger partial charge in [0.2, 0.25) is 11.8 Å². The molecule has 2 N–H and O–H groups in total. The molecule has 1 aromatic heterocycles. The summed E-state index contributed by atoms with van der Waals surface area (Å²) in [6.07, 6.45) is 5.78. The highest BCUT2D eigenvalue weighted by molar-refractivity contribution is 5.87. The molecular weight excluding hydrogens is 318 g/mol. The Labute approximate surface area is 146 Å². The lowest BCUT2D eigenvalue weighted by Crippen LogP contribution is -2.49. The van der Waals surface area contributed by atoms with Crippen molar-refractivity contribution < 1.29 is 9.59 Å². The van der Waals surface area contributed by atoms with Crippen LogP contribution in [0.2, 0.25) is 0 Å². The predicted octanol–water partition coefficient (Wildman–Crippen LogP) is 1.58. The third-order valence-corrected chi connectivity index (χ3v) is 4.59. The molecule has 132 valence electrons. The van der Waals surface area contributed by atoms with E-state index in [4.69, 9.17) is 0 Å². The van der Waals surface area contributed by atoms with Crippen LogP contribution in [0.25, 0.3) is 5.69 Å². The van der Waals surface area contributed by atoms with Gasteiger partial charge in [-0.25, -0.2) is 0 Å². The Kier molecular flexibility index (Phi) is 5.42. The number of nitrogens with zero attached hydrogens (tertiary/aromatic N) is 3. The van der Waals surface area contributed by atoms with Crippen LogP contribution in [0.5, 0.6) is 0 Å². The molecule has 7 nitrogen and oxygen atoms in total. The van der Waals surface area contributed by atoms with Crippen molar-refractivity contribution in [1.29, 1.82) is 0 Å². The summed E-state index contributed by atoms with van der Waals surface area (Å²) in [5, 5.41) is 13.7. The fraction of sp³-hybridized carbons (Fsp3) is 0.444. The molecule has 0 radical (unpaired) electrons. The van der Waals surface area contributed by atoms with Crippen molar-refractivity contribution in [2.45, 2.75) is 45.2 Å². The number of benzene rings is 1. The molecule has 1 aliphatic carbocycles. The number of para-hydroxylation sites is 1. The molecule has 1 unspecified atom stereocenters. The number of hydrogen-bond donors (Lipinski definition) is 2. The van der Waals surface area contributed by atoms with Gasteiger partial charge in [-0.3, -0.25) is 14.2 Å². The second-order valence-electron chi connectivity index (χ2n) is 6.39. The third-order valence-electron chi connectivity index (χ3n) is 4.59. The Morgan fingerprint density at radius 2 is 1.96 bits per heavy atom. The lowest BCUT2D eigenvalue weighted by Gasteiger charge is -2.23. The van der Waals surface area contributed by atoms with Crippen LogP contribution < -0.4 is 10.6 Å². The van der Waals surface area contributed by atoms with Gasteiger partial charge in [0.15, 0.2) is 5.82 Å². The molecule has 1 aliphatic rings. The van der Waals surface area contributed by atoms with Crippen LogP contribution in [0.1, 0.15) is 38.4 Å². The molecule has 1 heterocycles. The fourth-order valence-corrected chi connectivity index (χ4v) is 3.37. The van der Waals surface area contributed by atoms with Gasteiger partial charge in [-0.1, -0.05) is 31.0 Å². The van der Waals surface area contributed by atoms with Gasteiger partial charge in [-0.05, 0) is 30.9 Å². The predicted molar refractivity (Wildman–Crippen MR) is 92.8 cm³/mol. The quantitative estimate of drug-likeness (QED) is 0.835. The maximum absolute atomic E-state index is 12.6. The topological polar surface area (TPSA) is 88.9 Å². The normalized spacial score (nSPS) is 15.7. The monoisotopic (exact) mass is 341 g/mol. The summed E-state index contributed by atoms with van der Waals surface area (Å²) >= 11 is 0. The van der Waals surface area contributed by atoms with Crippen LogP contribution in [-0.4, -0.2) is 32.6 Å². The highest BCUT2D eigenvalue weighted by atomic mass is 16.2. The summed E-state index contributed by atoms with van der Waals surface area (Å²) in [5.74, 6) is 0.507. The molecule has 2 aromatic rings. The average Bonchev–Trinajstić information content (AvgIpc) is 3.29. The second-order valence-corrected chi connectivity index (χ2v) is 6.39. The summed E-state index contributed by atoms with van der Waals surface area (Å²) in [5.41, 5.74) is 0.936. The minimum Gasteiger partial charge on any atom is -0.347 e. The first-order valence-corrected chi connectivity index (χ1v) is 8.64. The zero-order valence-electron chi connectivity index (χ0n) is 14.3. The Morgan fingerprint density at radius 1 is 1.24 bits per heavy atom. The smallest absolute Gasteiger partial charge is 0.243 e. The molecule has 7 heteroatoms. The molecule has 2 amide bonds. The van der Waals surface area contributed by atoms with Gasteiger partial charge in [0, 0.05) is 12.6 Å². The zero-order chi connectivity index (χ0) is 17.6. The number of amides is 2. The van der Waals surface area contributed by atoms with Crippen LogP contribution in [0.3, 0.4) is 0 Å². The highest BCUT2D eigenvalue weighted by Gasteiger charge is 2.31. The van der Waals surface area contributed by atoms with Crippen molar-refractivity contribution in [1.82, 2.24) is 25.4 Å². The first kappa shape index (κ1) is 17.1. The van der Waals surface area contributed by atoms with Crippen molar-refractivity contribution in [2.75, 3.05) is 0 Å². The lowest BCUT2D eigenvalue weighted by atomic mass is 9.97. The number of carbonyl (C=O) groups is 2. The molecule has 1 fully saturated rings. The van der Waals surface area contributed by atoms with Gasteiger partial charge in [-0.15, -0.1) is 10.2 Å². The minimum absolute atomic E-state index is 0.162. The van der Waals surface area contributed by atoms with E-state index in [1.807, 2.05) is 34.9 Å². The van der Waals surface area contributed by atoms with E-state index < -0.39 is 6.04 Å². The summed E-state index contributed by atoms with van der Waals surface area (Å²) in [6.45, 7) is 1.71. The second kappa shape index (κ2) is 7.92. The molecule has 0 saturated heterocycles. The van der Waals surface area contributed by atoms with E-state index in [0.29, 0.717) is 5.82 Å². The lowest BCUT2D eigenvalue weighted by molar-refractivity contribution is -0.129. The van der Waals surface area contributed by atoms with Crippen molar-refractivity contribution >= 4 is 11.8 Å². The van der Waals surface area contributed by atoms with Crippen LogP contribution in [0.4, 0.5) is 0 Å². The van der Waals surface area contributed by atoms with Gasteiger partial charge in [-0.2, -0.15) is 0 Å². The molecule has 3 rings (SSSR count). The molecule has 1 aromatic carbocycles. The average molecular weight is 341 g/mol. The molecule has 0 spiro atoms. The zero-order valence-corrected chi connectivity index (χ0v) is 14.3. The Hall–Kier alpha value is -2.70. The van der Waals surface area contributed by atoms with E-state index in [1.165, 1.54) is 6.92 Å². The minimum atomic E-state index is -0.479. The largest absolute Gasteiger partial charge is 0.347 e. The van der Waals surface area contributed by atoms with Gasteiger partial charge in [0.05, 0.1) is 6.54 Å². The van der Waals surface area contributed by atoms with Gasteiger partial charge >= 0.3 is 0 Å². The highest BCUT2D eigenvalue weighted by Crippen LogP contribution is 2.28. The van der Waals surface area contributed by atoms with Crippen molar-refractivity contribution in [3.05, 3.63) is 42.5 Å². The van der Waals surface area contributed by atoms with Crippen LogP contribution in [0.15, 0.2) is 36.7 Å². The van der Waals surface area contributed by atoms with Gasteiger partial charge in [0.1, 0.15) is 12.4 Å². The number of rotatable bonds is 6. The summed E-state index contributed by atoms with van der Waals surface area (Å²) in [4.78, 5) is 24.1. The van der Waals surface area contributed by atoms with Gasteiger partial charge < -0.3 is 10.6 Å². The third kappa shape index (κ3) is 4.23. The summed E-state index contributed by atoms with van der Waals surface area (Å²) in [6, 6.07) is 9.23. The van der Waals surface area contributed by atoms with E-state index in [2.05, 4.69) is 20.8 Å². The van der Waals surface area contributed by atoms with E-state index in [0.717, 1.165) is 31.4 Å². The van der Waals surface area contributed by atoms with E-state index in [-0.39, 0.29) is 24.3 Å². The van der Waals surface area contributed by atoms with Crippen LogP contribution in [-0.2, 0) is 16.1 Å². The Balaban J connectivity index is 1.67. The number of aromatic nitrogens is 3. The van der Waals surface area contributed by atoms with Crippen molar-refractivity contribution in [3.63, 3.8) is 0 Å². The maximum Gasteiger partial charge on any atom is 0.243 e. The van der Waals surface area contributed by atoms with Crippen LogP contribution in [0, 0.1) is 5.92 Å². The number of nitrogens with one attached hydrogen (secondary N) is 2. The molecule has 1 atom stereocenters. The van der Waals surface area contributed by atoms with E-state index in [1.54, 1.807) is 6.33 Å². The SMILES string of the molecule is CC(=O)NC(C(=O)NCc1nncn1-c1ccccc1)C1CCCC1. The number of hydrogen-bond acceptors (Lipinski definition) is 4. The first-order chi connectivity index (χ1) is 12.1. The van der Waals surface area contributed by atoms with E-state index in [9.17, 15) is 9.59 Å². The van der Waals surface area contributed by atoms with Crippen LogP contribution >= 0.6 is 0 Å². The summed E-state index contributed by atoms with van der Waals surface area (Å²) in [7, 11) is 0. The molecule has 25 heavy (non-hydrogen) atoms. The van der Waals surface area contributed by atoms with Crippen molar-refractivity contribution in [2.24, 2.45) is 5.92 Å². The van der Waals surface area contributed by atoms with Gasteiger partial charge in [0.25, 0.3) is 0 Å². The first-order valence-electron chi connectivity index (χ1n) is 8.64. The standard InChI is InChI=1S/C18H23N5O2/c1-13(24)21-17(14-7-5-6-8-14)18(25)19-11-16-22-20-12-23(16)15-9-3-2-4-10-15/h2-4,9-10,12,14,17H,5-8,11H2,1H3,(H,19,25)(H,21,24). The maximum atomic E-state index is 12.6. The van der Waals surface area contributed by atoms with E-state index >= 15 is 0 Å². The van der Waals surface area contributed by atoms with Crippen molar-refractivity contribution in [3.8, 4) is 5.69 Å². The molecule has 0 aliphatic heterocycles. The summed E-state index contributed by atoms with van der Waals surface area (Å²) < 4.78 is 1.84. The molecule has 1 saturated carbocycles. The molecular formula is C18H23N5O2.